The first-order chi connectivity index (χ1) is 5.26. The molecule has 0 saturated heterocycles. The van der Waals surface area contributed by atoms with Crippen LogP contribution in [0.4, 0.5) is 0 Å². The summed E-state index contributed by atoms with van der Waals surface area (Å²) in [5.41, 5.74) is 5.68. The molecule has 4 N–H and O–H groups in total. The van der Waals surface area contributed by atoms with E-state index in [2.05, 4.69) is 16.9 Å². The molecular weight excluding hydrogens is 140 g/mol. The third-order valence-electron chi connectivity index (χ3n) is 0.926. The highest BCUT2D eigenvalue weighted by molar-refractivity contribution is 5.76. The number of aliphatic imine (C=N–C) groups is 1. The van der Waals surface area contributed by atoms with E-state index < -0.39 is 0 Å². The first-order valence-corrected chi connectivity index (χ1v) is 3.12. The second-order valence-corrected chi connectivity index (χ2v) is 1.68. The van der Waals surface area contributed by atoms with E-state index in [4.69, 9.17) is 11.1 Å². The molecule has 0 aromatic rings. The maximum atomic E-state index is 6.84. The number of allylic oxidation sites excluding steroid dienone is 1. The van der Waals surface area contributed by atoms with Crippen LogP contribution in [0.5, 0.6) is 0 Å². The van der Waals surface area contributed by atoms with Crippen LogP contribution in [0.1, 0.15) is 6.92 Å². The molecule has 0 aliphatic carbocycles. The Hall–Kier alpha value is -1.58. The third kappa shape index (κ3) is 3.20. The van der Waals surface area contributed by atoms with Gasteiger partial charge in [0.05, 0.1) is 5.70 Å². The van der Waals surface area contributed by atoms with Crippen LogP contribution in [0.15, 0.2) is 29.3 Å². The predicted octanol–water partition coefficient (Wildman–Crippen LogP) is 0.588. The fourth-order valence-corrected chi connectivity index (χ4v) is 0.489. The summed E-state index contributed by atoms with van der Waals surface area (Å²) in [4.78, 5) is 3.88. The summed E-state index contributed by atoms with van der Waals surface area (Å²) in [6.45, 7) is 5.22. The predicted molar refractivity (Wildman–Crippen MR) is 47.5 cm³/mol. The van der Waals surface area contributed by atoms with E-state index in [1.807, 2.05) is 0 Å². The molecule has 4 heteroatoms. The largest absolute Gasteiger partial charge is 0.394 e. The van der Waals surface area contributed by atoms with Crippen LogP contribution in [0.25, 0.3) is 0 Å². The second-order valence-electron chi connectivity index (χ2n) is 1.68. The molecule has 0 heterocycles. The normalized spacial score (nSPS) is 12.5. The Morgan fingerprint density at radius 1 is 1.73 bits per heavy atom. The first-order valence-electron chi connectivity index (χ1n) is 3.12. The smallest absolute Gasteiger partial charge is 0.154 e. The molecular formula is C7H12N4. The van der Waals surface area contributed by atoms with Crippen LogP contribution < -0.4 is 11.1 Å². The van der Waals surface area contributed by atoms with Crippen LogP contribution in [0.3, 0.4) is 0 Å². The minimum atomic E-state index is 0.281. The van der Waals surface area contributed by atoms with Crippen molar-refractivity contribution in [2.45, 2.75) is 6.92 Å². The van der Waals surface area contributed by atoms with Gasteiger partial charge in [-0.15, -0.1) is 0 Å². The zero-order valence-electron chi connectivity index (χ0n) is 6.46. The number of nitrogens with one attached hydrogen (secondary N) is 2. The molecule has 0 radical (unpaired) electrons. The molecule has 0 aliphatic heterocycles. The van der Waals surface area contributed by atoms with Gasteiger partial charge in [-0.3, -0.25) is 0 Å². The Bertz CT molecular complexity index is 202. The quantitative estimate of drug-likeness (QED) is 0.516. The van der Waals surface area contributed by atoms with E-state index >= 15 is 0 Å². The van der Waals surface area contributed by atoms with E-state index in [0.717, 1.165) is 6.21 Å². The maximum Gasteiger partial charge on any atom is 0.154 e. The van der Waals surface area contributed by atoms with E-state index in [0.29, 0.717) is 5.82 Å². The van der Waals surface area contributed by atoms with Crippen LogP contribution >= 0.6 is 0 Å². The van der Waals surface area contributed by atoms with Gasteiger partial charge in [-0.25, -0.2) is 4.99 Å². The fourth-order valence-electron chi connectivity index (χ4n) is 0.489. The van der Waals surface area contributed by atoms with E-state index in [1.54, 1.807) is 13.1 Å². The Morgan fingerprint density at radius 3 is 2.73 bits per heavy atom. The molecule has 0 aromatic carbocycles. The van der Waals surface area contributed by atoms with Gasteiger partial charge in [-0.1, -0.05) is 6.58 Å². The molecule has 0 aliphatic rings. The lowest BCUT2D eigenvalue weighted by Crippen LogP contribution is -2.12. The number of nitrogens with two attached hydrogens (primary N) is 1. The molecule has 0 saturated carbocycles. The number of rotatable bonds is 4. The van der Waals surface area contributed by atoms with Gasteiger partial charge in [-0.05, 0) is 13.1 Å². The van der Waals surface area contributed by atoms with Crippen molar-refractivity contribution in [2.24, 2.45) is 10.7 Å². The van der Waals surface area contributed by atoms with Gasteiger partial charge in [-0.2, -0.15) is 0 Å². The van der Waals surface area contributed by atoms with Gasteiger partial charge in [0, 0.05) is 12.4 Å². The second kappa shape index (κ2) is 5.22. The van der Waals surface area contributed by atoms with Crippen LogP contribution in [-0.2, 0) is 0 Å². The monoisotopic (exact) mass is 152 g/mol. The number of hydrogen-bond acceptors (Lipinski definition) is 4. The van der Waals surface area contributed by atoms with Gasteiger partial charge in [0.1, 0.15) is 0 Å². The molecule has 11 heavy (non-hydrogen) atoms. The Balaban J connectivity index is 4.54. The molecule has 0 atom stereocenters. The highest BCUT2D eigenvalue weighted by Crippen LogP contribution is 1.92. The van der Waals surface area contributed by atoms with Gasteiger partial charge >= 0.3 is 0 Å². The molecule has 0 amide bonds. The van der Waals surface area contributed by atoms with Crippen molar-refractivity contribution in [1.29, 1.82) is 5.41 Å². The van der Waals surface area contributed by atoms with Gasteiger partial charge < -0.3 is 16.5 Å². The molecule has 4 nitrogen and oxygen atoms in total. The average Bonchev–Trinajstić information content (AvgIpc) is 2.03. The summed E-state index contributed by atoms with van der Waals surface area (Å²) in [6, 6.07) is 0. The van der Waals surface area contributed by atoms with Crippen molar-refractivity contribution in [3.63, 3.8) is 0 Å². The molecule has 60 valence electrons. The van der Waals surface area contributed by atoms with Crippen molar-refractivity contribution >= 4 is 12.4 Å². The molecule has 0 bridgehead atoms. The highest BCUT2D eigenvalue weighted by atomic mass is 15.0. The Labute approximate surface area is 66.0 Å². The van der Waals surface area contributed by atoms with Crippen LogP contribution in [-0.4, -0.2) is 12.4 Å². The lowest BCUT2D eigenvalue weighted by molar-refractivity contribution is 1.01. The van der Waals surface area contributed by atoms with E-state index in [-0.39, 0.29) is 5.70 Å². The molecule has 0 spiro atoms. The fraction of sp³-hybridized carbons (Fsp3) is 0.143. The standard InChI is InChI=1S/C7H12N4/c1-3-10-7(11-4-2)6(9)5-8/h3-5,8,10H,1,9H2,2H3/b7-6+,8-5?,11-4-. The minimum absolute atomic E-state index is 0.281. The van der Waals surface area contributed by atoms with Crippen molar-refractivity contribution < 1.29 is 0 Å². The van der Waals surface area contributed by atoms with Crippen LogP contribution in [0.2, 0.25) is 0 Å². The molecule has 0 fully saturated rings. The topological polar surface area (TPSA) is 74.3 Å². The number of nitrogens with zero attached hydrogens (tertiary/aromatic N) is 1. The van der Waals surface area contributed by atoms with E-state index in [9.17, 15) is 0 Å². The zero-order valence-corrected chi connectivity index (χ0v) is 6.46. The summed E-state index contributed by atoms with van der Waals surface area (Å²) in [7, 11) is 0. The molecule has 0 rings (SSSR count). The van der Waals surface area contributed by atoms with Gasteiger partial charge in [0.25, 0.3) is 0 Å². The van der Waals surface area contributed by atoms with Crippen LogP contribution in [0, 0.1) is 5.41 Å². The summed E-state index contributed by atoms with van der Waals surface area (Å²) >= 11 is 0. The minimum Gasteiger partial charge on any atom is -0.394 e. The average molecular weight is 152 g/mol. The lowest BCUT2D eigenvalue weighted by atomic mass is 10.5. The third-order valence-corrected chi connectivity index (χ3v) is 0.926. The zero-order chi connectivity index (χ0) is 8.69. The molecule has 0 aromatic heterocycles. The summed E-state index contributed by atoms with van der Waals surface area (Å²) in [6.07, 6.45) is 4.07. The van der Waals surface area contributed by atoms with E-state index in [1.165, 1.54) is 6.20 Å². The summed E-state index contributed by atoms with van der Waals surface area (Å²) < 4.78 is 0. The Morgan fingerprint density at radius 2 is 2.36 bits per heavy atom. The maximum absolute atomic E-state index is 6.84. The first kappa shape index (κ1) is 9.42. The lowest BCUT2D eigenvalue weighted by Gasteiger charge is -2.01. The van der Waals surface area contributed by atoms with Crippen molar-refractivity contribution in [1.82, 2.24) is 5.32 Å². The SMILES string of the molecule is C=CNC(/N=C\C)=C(\N)C=N. The van der Waals surface area contributed by atoms with Gasteiger partial charge in [0.15, 0.2) is 5.82 Å². The summed E-state index contributed by atoms with van der Waals surface area (Å²) in [5.74, 6) is 0.442. The van der Waals surface area contributed by atoms with Crippen molar-refractivity contribution in [3.8, 4) is 0 Å². The van der Waals surface area contributed by atoms with Gasteiger partial charge in [0.2, 0.25) is 0 Å². The highest BCUT2D eigenvalue weighted by Gasteiger charge is 1.93. The number of hydrogen-bond donors (Lipinski definition) is 3. The molecule has 0 unspecified atom stereocenters. The Kier molecular flexibility index (Phi) is 4.47. The van der Waals surface area contributed by atoms with Crippen molar-refractivity contribution in [3.05, 3.63) is 24.3 Å². The van der Waals surface area contributed by atoms with Crippen molar-refractivity contribution in [2.75, 3.05) is 0 Å². The summed E-state index contributed by atoms with van der Waals surface area (Å²) in [5, 5.41) is 9.54.